The summed E-state index contributed by atoms with van der Waals surface area (Å²) in [6.45, 7) is 11.7. The molecule has 0 atom stereocenters. The normalized spacial score (nSPS) is 23.8. The molecule has 4 nitrogen and oxygen atoms in total. The fraction of sp³-hybridized carbons (Fsp3) is 0.941. The molecule has 0 aromatic rings. The van der Waals surface area contributed by atoms with Crippen molar-refractivity contribution in [3.63, 3.8) is 0 Å². The molecule has 0 bridgehead atoms. The van der Waals surface area contributed by atoms with Crippen LogP contribution < -0.4 is 5.32 Å². The van der Waals surface area contributed by atoms with Gasteiger partial charge in [0.05, 0.1) is 0 Å². The molecule has 0 saturated carbocycles. The molecule has 4 heteroatoms. The summed E-state index contributed by atoms with van der Waals surface area (Å²) in [6, 6.07) is 0.610. The molecule has 1 amide bonds. The van der Waals surface area contributed by atoms with E-state index in [1.165, 1.54) is 6.54 Å². The van der Waals surface area contributed by atoms with E-state index in [4.69, 9.17) is 0 Å². The summed E-state index contributed by atoms with van der Waals surface area (Å²) < 4.78 is 0. The number of carbonyl (C=O) groups excluding carboxylic acids is 1. The van der Waals surface area contributed by atoms with Crippen molar-refractivity contribution in [3.05, 3.63) is 0 Å². The van der Waals surface area contributed by atoms with Crippen molar-refractivity contribution in [3.8, 4) is 0 Å². The van der Waals surface area contributed by atoms with Crippen LogP contribution in [0.25, 0.3) is 0 Å². The van der Waals surface area contributed by atoms with E-state index in [0.717, 1.165) is 57.8 Å². The van der Waals surface area contributed by atoms with E-state index in [9.17, 15) is 4.79 Å². The first kappa shape index (κ1) is 16.8. The smallest absolute Gasteiger partial charge is 0.228 e. The maximum atomic E-state index is 12.8. The average molecular weight is 295 g/mol. The zero-order valence-electron chi connectivity index (χ0n) is 14.3. The van der Waals surface area contributed by atoms with Gasteiger partial charge in [-0.2, -0.15) is 0 Å². The van der Waals surface area contributed by atoms with E-state index in [0.29, 0.717) is 11.9 Å². The molecule has 0 unspecified atom stereocenters. The highest BCUT2D eigenvalue weighted by molar-refractivity contribution is 5.82. The first-order valence-electron chi connectivity index (χ1n) is 8.63. The fourth-order valence-electron chi connectivity index (χ4n) is 3.51. The van der Waals surface area contributed by atoms with Gasteiger partial charge in [-0.3, -0.25) is 4.79 Å². The van der Waals surface area contributed by atoms with Gasteiger partial charge in [0.2, 0.25) is 5.91 Å². The molecule has 122 valence electrons. The molecule has 0 aromatic heterocycles. The van der Waals surface area contributed by atoms with E-state index in [1.54, 1.807) is 0 Å². The Morgan fingerprint density at radius 1 is 1.29 bits per heavy atom. The molecule has 1 N–H and O–H groups in total. The average Bonchev–Trinajstić information content (AvgIpc) is 2.48. The van der Waals surface area contributed by atoms with E-state index < -0.39 is 0 Å². The summed E-state index contributed by atoms with van der Waals surface area (Å²) in [4.78, 5) is 17.4. The molecular formula is C17H33N3O. The second kappa shape index (κ2) is 7.10. The van der Waals surface area contributed by atoms with Crippen LogP contribution in [0, 0.1) is 11.3 Å². The van der Waals surface area contributed by atoms with Crippen LogP contribution in [0.1, 0.15) is 46.5 Å². The molecule has 2 rings (SSSR count). The van der Waals surface area contributed by atoms with Gasteiger partial charge >= 0.3 is 0 Å². The molecule has 0 spiro atoms. The predicted molar refractivity (Wildman–Crippen MR) is 87.3 cm³/mol. The minimum atomic E-state index is -0.118. The van der Waals surface area contributed by atoms with Crippen molar-refractivity contribution in [1.29, 1.82) is 0 Å². The maximum Gasteiger partial charge on any atom is 0.228 e. The van der Waals surface area contributed by atoms with Crippen LogP contribution in [0.15, 0.2) is 0 Å². The van der Waals surface area contributed by atoms with Gasteiger partial charge in [-0.15, -0.1) is 0 Å². The quantitative estimate of drug-likeness (QED) is 0.861. The molecule has 2 aliphatic rings. The molecule has 2 heterocycles. The Morgan fingerprint density at radius 3 is 2.38 bits per heavy atom. The SMILES string of the molecule is CC(C)N(C)CC1CCN(C(=O)C2(C)CCNCC2)CC1. The van der Waals surface area contributed by atoms with Crippen LogP contribution in [0.3, 0.4) is 0 Å². The van der Waals surface area contributed by atoms with Gasteiger partial charge in [0.25, 0.3) is 0 Å². The van der Waals surface area contributed by atoms with Crippen LogP contribution in [-0.4, -0.2) is 61.5 Å². The van der Waals surface area contributed by atoms with Crippen LogP contribution in [-0.2, 0) is 4.79 Å². The Hall–Kier alpha value is -0.610. The molecule has 2 aliphatic heterocycles. The number of amides is 1. The highest BCUT2D eigenvalue weighted by Gasteiger charge is 2.38. The minimum Gasteiger partial charge on any atom is -0.342 e. The lowest BCUT2D eigenvalue weighted by molar-refractivity contribution is -0.144. The van der Waals surface area contributed by atoms with Crippen LogP contribution in [0.5, 0.6) is 0 Å². The minimum absolute atomic E-state index is 0.118. The van der Waals surface area contributed by atoms with Crippen molar-refractivity contribution >= 4 is 5.91 Å². The highest BCUT2D eigenvalue weighted by Crippen LogP contribution is 2.32. The molecule has 21 heavy (non-hydrogen) atoms. The Balaban J connectivity index is 1.82. The van der Waals surface area contributed by atoms with Crippen LogP contribution in [0.2, 0.25) is 0 Å². The number of nitrogens with one attached hydrogen (secondary N) is 1. The number of likely N-dealkylation sites (tertiary alicyclic amines) is 1. The van der Waals surface area contributed by atoms with Gasteiger partial charge in [-0.1, -0.05) is 6.92 Å². The second-order valence-electron chi connectivity index (χ2n) is 7.58. The van der Waals surface area contributed by atoms with Gasteiger partial charge in [0, 0.05) is 31.1 Å². The number of hydrogen-bond donors (Lipinski definition) is 1. The van der Waals surface area contributed by atoms with Gasteiger partial charge in [-0.05, 0) is 65.6 Å². The van der Waals surface area contributed by atoms with Crippen molar-refractivity contribution < 1.29 is 4.79 Å². The summed E-state index contributed by atoms with van der Waals surface area (Å²) in [6.07, 6.45) is 4.30. The third-order valence-electron chi connectivity index (χ3n) is 5.55. The van der Waals surface area contributed by atoms with Crippen molar-refractivity contribution in [2.75, 3.05) is 39.8 Å². The lowest BCUT2D eigenvalue weighted by atomic mass is 9.79. The summed E-state index contributed by atoms with van der Waals surface area (Å²) in [5, 5.41) is 3.36. The first-order valence-corrected chi connectivity index (χ1v) is 8.63. The Labute approximate surface area is 130 Å². The van der Waals surface area contributed by atoms with Crippen molar-refractivity contribution in [2.24, 2.45) is 11.3 Å². The zero-order chi connectivity index (χ0) is 15.5. The van der Waals surface area contributed by atoms with Gasteiger partial charge < -0.3 is 15.1 Å². The predicted octanol–water partition coefficient (Wildman–Crippen LogP) is 1.95. The number of hydrogen-bond acceptors (Lipinski definition) is 3. The highest BCUT2D eigenvalue weighted by atomic mass is 16.2. The van der Waals surface area contributed by atoms with E-state index >= 15 is 0 Å². The molecule has 0 radical (unpaired) electrons. The van der Waals surface area contributed by atoms with Crippen molar-refractivity contribution in [1.82, 2.24) is 15.1 Å². The monoisotopic (exact) mass is 295 g/mol. The summed E-state index contributed by atoms with van der Waals surface area (Å²) in [5.74, 6) is 1.15. The summed E-state index contributed by atoms with van der Waals surface area (Å²) in [7, 11) is 2.21. The van der Waals surface area contributed by atoms with E-state index in [-0.39, 0.29) is 5.41 Å². The molecule has 0 aromatic carbocycles. The van der Waals surface area contributed by atoms with Crippen molar-refractivity contribution in [2.45, 2.75) is 52.5 Å². The number of piperidine rings is 2. The molecule has 0 aliphatic carbocycles. The standard InChI is InChI=1S/C17H33N3O/c1-14(2)19(4)13-15-5-11-20(12-6-15)16(21)17(3)7-9-18-10-8-17/h14-15,18H,5-13H2,1-4H3. The fourth-order valence-corrected chi connectivity index (χ4v) is 3.51. The lowest BCUT2D eigenvalue weighted by Crippen LogP contribution is -2.50. The first-order chi connectivity index (χ1) is 9.92. The van der Waals surface area contributed by atoms with E-state index in [1.807, 2.05) is 0 Å². The lowest BCUT2D eigenvalue weighted by Gasteiger charge is -2.41. The molecular weight excluding hydrogens is 262 g/mol. The Bertz CT molecular complexity index is 342. The zero-order valence-corrected chi connectivity index (χ0v) is 14.3. The van der Waals surface area contributed by atoms with Gasteiger partial charge in [0.15, 0.2) is 0 Å². The third kappa shape index (κ3) is 4.19. The molecule has 2 saturated heterocycles. The number of nitrogens with zero attached hydrogens (tertiary/aromatic N) is 2. The van der Waals surface area contributed by atoms with Crippen LogP contribution in [0.4, 0.5) is 0 Å². The maximum absolute atomic E-state index is 12.8. The third-order valence-corrected chi connectivity index (χ3v) is 5.55. The van der Waals surface area contributed by atoms with E-state index in [2.05, 4.69) is 42.9 Å². The Morgan fingerprint density at radius 2 is 1.86 bits per heavy atom. The summed E-state index contributed by atoms with van der Waals surface area (Å²) in [5.41, 5.74) is -0.118. The summed E-state index contributed by atoms with van der Waals surface area (Å²) >= 11 is 0. The largest absolute Gasteiger partial charge is 0.342 e. The van der Waals surface area contributed by atoms with Gasteiger partial charge in [0.1, 0.15) is 0 Å². The van der Waals surface area contributed by atoms with Gasteiger partial charge in [-0.25, -0.2) is 0 Å². The number of rotatable bonds is 4. The van der Waals surface area contributed by atoms with Crippen LogP contribution >= 0.6 is 0 Å². The molecule has 2 fully saturated rings. The number of carbonyl (C=O) groups is 1. The second-order valence-corrected chi connectivity index (χ2v) is 7.58. The Kier molecular flexibility index (Phi) is 5.67. The topological polar surface area (TPSA) is 35.6 Å².